The van der Waals surface area contributed by atoms with Crippen molar-refractivity contribution < 1.29 is 44.1 Å². The maximum absolute atomic E-state index is 12.7. The molecule has 0 aromatic heterocycles. The zero-order valence-electron chi connectivity index (χ0n) is 18.3. The first-order valence-electron chi connectivity index (χ1n) is 9.86. The molecule has 0 aromatic carbocycles. The van der Waals surface area contributed by atoms with Crippen molar-refractivity contribution in [2.75, 3.05) is 12.0 Å². The first kappa shape index (κ1) is 30.1. The van der Waals surface area contributed by atoms with Crippen molar-refractivity contribution >= 4 is 47.3 Å². The minimum Gasteiger partial charge on any atom is -0.481 e. The molecule has 4 amide bonds. The lowest BCUT2D eigenvalue weighted by Crippen LogP contribution is -2.60. The van der Waals surface area contributed by atoms with E-state index in [9.17, 15) is 33.9 Å². The van der Waals surface area contributed by atoms with Crippen LogP contribution >= 0.6 is 11.8 Å². The largest absolute Gasteiger partial charge is 0.481 e. The van der Waals surface area contributed by atoms with Gasteiger partial charge in [-0.25, -0.2) is 4.79 Å². The van der Waals surface area contributed by atoms with E-state index in [-0.39, 0.29) is 19.3 Å². The van der Waals surface area contributed by atoms with E-state index in [1.54, 1.807) is 6.26 Å². The third-order valence-corrected chi connectivity index (χ3v) is 4.98. The van der Waals surface area contributed by atoms with Gasteiger partial charge in [-0.1, -0.05) is 0 Å². The average molecular weight is 494 g/mol. The van der Waals surface area contributed by atoms with E-state index in [0.29, 0.717) is 5.75 Å². The van der Waals surface area contributed by atoms with Crippen molar-refractivity contribution in [3.63, 3.8) is 0 Å². The maximum Gasteiger partial charge on any atom is 0.326 e. The molecule has 0 bridgehead atoms. The molecule has 0 aromatic rings. The van der Waals surface area contributed by atoms with Crippen LogP contribution in [0, 0.1) is 0 Å². The van der Waals surface area contributed by atoms with E-state index in [1.165, 1.54) is 18.7 Å². The first-order valence-corrected chi connectivity index (χ1v) is 11.3. The summed E-state index contributed by atoms with van der Waals surface area (Å²) in [5, 5.41) is 34.5. The molecule has 188 valence electrons. The number of carbonyl (C=O) groups excluding carboxylic acids is 4. The molecule has 0 aliphatic heterocycles. The molecule has 0 rings (SSSR count). The Morgan fingerprint density at radius 3 is 1.94 bits per heavy atom. The topological polar surface area (TPSA) is 251 Å². The van der Waals surface area contributed by atoms with Gasteiger partial charge in [0.15, 0.2) is 0 Å². The Morgan fingerprint density at radius 2 is 1.48 bits per heavy atom. The van der Waals surface area contributed by atoms with Crippen LogP contribution in [-0.2, 0) is 28.8 Å². The van der Waals surface area contributed by atoms with Crippen LogP contribution in [-0.4, -0.2) is 93.2 Å². The van der Waals surface area contributed by atoms with Gasteiger partial charge in [-0.2, -0.15) is 11.8 Å². The quantitative estimate of drug-likeness (QED) is 0.106. The van der Waals surface area contributed by atoms with Crippen LogP contribution in [0.4, 0.5) is 0 Å². The number of hydrogen-bond donors (Lipinski definition) is 8. The lowest BCUT2D eigenvalue weighted by Gasteiger charge is -2.26. The third kappa shape index (κ3) is 12.1. The zero-order chi connectivity index (χ0) is 25.7. The van der Waals surface area contributed by atoms with Gasteiger partial charge < -0.3 is 42.7 Å². The number of carboxylic acids is 2. The average Bonchev–Trinajstić information content (AvgIpc) is 2.71. The van der Waals surface area contributed by atoms with Crippen molar-refractivity contribution in [3.05, 3.63) is 0 Å². The van der Waals surface area contributed by atoms with Gasteiger partial charge in [0.2, 0.25) is 23.6 Å². The Balaban J connectivity index is 5.37. The van der Waals surface area contributed by atoms with E-state index in [4.69, 9.17) is 21.7 Å². The van der Waals surface area contributed by atoms with E-state index >= 15 is 0 Å². The Hall–Kier alpha value is -2.91. The molecule has 33 heavy (non-hydrogen) atoms. The van der Waals surface area contributed by atoms with Gasteiger partial charge in [-0.05, 0) is 31.8 Å². The lowest BCUT2D eigenvalue weighted by atomic mass is 10.1. The molecule has 15 heteroatoms. The fraction of sp³-hybridized carbons (Fsp3) is 0.667. The highest BCUT2D eigenvalue weighted by molar-refractivity contribution is 7.98. The number of nitrogens with one attached hydrogen (secondary N) is 3. The van der Waals surface area contributed by atoms with Gasteiger partial charge in [-0.15, -0.1) is 0 Å². The smallest absolute Gasteiger partial charge is 0.326 e. The summed E-state index contributed by atoms with van der Waals surface area (Å²) in [6, 6.07) is -5.70. The molecular weight excluding hydrogens is 462 g/mol. The van der Waals surface area contributed by atoms with E-state index in [0.717, 1.165) is 0 Å². The number of aliphatic carboxylic acids is 2. The van der Waals surface area contributed by atoms with Crippen LogP contribution in [0.1, 0.15) is 32.6 Å². The summed E-state index contributed by atoms with van der Waals surface area (Å²) in [5.41, 5.74) is 10.7. The second-order valence-corrected chi connectivity index (χ2v) is 8.16. The van der Waals surface area contributed by atoms with Gasteiger partial charge in [0, 0.05) is 6.42 Å². The number of primary amides is 1. The van der Waals surface area contributed by atoms with Crippen LogP contribution in [0.15, 0.2) is 0 Å². The van der Waals surface area contributed by atoms with E-state index in [1.807, 2.05) is 0 Å². The Kier molecular flexibility index (Phi) is 13.7. The van der Waals surface area contributed by atoms with Crippen molar-refractivity contribution in [1.29, 1.82) is 0 Å². The molecule has 0 saturated carbocycles. The molecule has 5 atom stereocenters. The molecule has 0 fully saturated rings. The molecule has 0 spiro atoms. The predicted molar refractivity (Wildman–Crippen MR) is 117 cm³/mol. The number of thioether (sulfide) groups is 1. The number of aliphatic hydroxyl groups excluding tert-OH is 1. The van der Waals surface area contributed by atoms with Crippen molar-refractivity contribution in [2.24, 2.45) is 11.5 Å². The minimum atomic E-state index is -1.72. The van der Waals surface area contributed by atoms with E-state index < -0.39 is 72.3 Å². The van der Waals surface area contributed by atoms with Gasteiger partial charge in [0.05, 0.1) is 18.6 Å². The second-order valence-electron chi connectivity index (χ2n) is 7.18. The Labute approximate surface area is 194 Å². The number of amides is 4. The molecule has 0 radical (unpaired) electrons. The van der Waals surface area contributed by atoms with Gasteiger partial charge in [0.1, 0.15) is 18.1 Å². The van der Waals surface area contributed by atoms with Gasteiger partial charge in [-0.3, -0.25) is 24.0 Å². The molecule has 14 nitrogen and oxygen atoms in total. The highest BCUT2D eigenvalue weighted by Gasteiger charge is 2.32. The van der Waals surface area contributed by atoms with Crippen LogP contribution in [0.25, 0.3) is 0 Å². The molecule has 0 aliphatic rings. The molecular formula is C18H31N5O9S. The number of aliphatic hydroxyl groups is 1. The first-order chi connectivity index (χ1) is 15.3. The summed E-state index contributed by atoms with van der Waals surface area (Å²) in [7, 11) is 0. The van der Waals surface area contributed by atoms with Crippen LogP contribution in [0.3, 0.4) is 0 Å². The highest BCUT2D eigenvalue weighted by atomic mass is 32.2. The summed E-state index contributed by atoms with van der Waals surface area (Å²) in [4.78, 5) is 70.3. The SMILES string of the molecule is CSCCC(NC(=O)C(NC(=O)C(N)CCC(N)=O)C(C)O)C(=O)NC(CC(=O)O)C(=O)O. The highest BCUT2D eigenvalue weighted by Crippen LogP contribution is 2.05. The second kappa shape index (κ2) is 15.0. The summed E-state index contributed by atoms with van der Waals surface area (Å²) in [6.07, 6.45) is -0.753. The normalized spacial score (nSPS) is 15.3. The molecule has 10 N–H and O–H groups in total. The Morgan fingerprint density at radius 1 is 0.909 bits per heavy atom. The number of rotatable bonds is 16. The summed E-state index contributed by atoms with van der Waals surface area (Å²) < 4.78 is 0. The van der Waals surface area contributed by atoms with Gasteiger partial charge >= 0.3 is 11.9 Å². The fourth-order valence-corrected chi connectivity index (χ4v) is 2.98. The summed E-state index contributed by atoms with van der Waals surface area (Å²) in [6.45, 7) is 1.21. The monoisotopic (exact) mass is 493 g/mol. The predicted octanol–water partition coefficient (Wildman–Crippen LogP) is -3.27. The van der Waals surface area contributed by atoms with Crippen molar-refractivity contribution in [1.82, 2.24) is 16.0 Å². The van der Waals surface area contributed by atoms with Crippen LogP contribution < -0.4 is 27.4 Å². The minimum absolute atomic E-state index is 0.0523. The maximum atomic E-state index is 12.7. The fourth-order valence-electron chi connectivity index (χ4n) is 2.51. The summed E-state index contributed by atoms with van der Waals surface area (Å²) >= 11 is 1.33. The van der Waals surface area contributed by atoms with Crippen molar-refractivity contribution in [3.8, 4) is 0 Å². The molecule has 5 unspecified atom stereocenters. The Bertz CT molecular complexity index is 734. The third-order valence-electron chi connectivity index (χ3n) is 4.34. The molecule has 0 aliphatic carbocycles. The van der Waals surface area contributed by atoms with Crippen LogP contribution in [0.2, 0.25) is 0 Å². The van der Waals surface area contributed by atoms with Gasteiger partial charge in [0.25, 0.3) is 0 Å². The summed E-state index contributed by atoms with van der Waals surface area (Å²) in [5.74, 6) is -6.05. The zero-order valence-corrected chi connectivity index (χ0v) is 19.1. The van der Waals surface area contributed by atoms with Crippen LogP contribution in [0.5, 0.6) is 0 Å². The lowest BCUT2D eigenvalue weighted by molar-refractivity contribution is -0.147. The molecule has 0 heterocycles. The number of hydrogen-bond acceptors (Lipinski definition) is 9. The standard InChI is InChI=1S/C18H31N5O9S/c1-8(24)14(23-15(28)9(19)3-4-12(20)25)17(30)21-10(5-6-33-2)16(29)22-11(18(31)32)7-13(26)27/h8-11,14,24H,3-7,19H2,1-2H3,(H2,20,25)(H,21,30)(H,22,29)(H,23,28)(H,26,27)(H,31,32). The molecule has 0 saturated heterocycles. The number of carbonyl (C=O) groups is 6. The number of nitrogens with two attached hydrogens (primary N) is 2. The van der Waals surface area contributed by atoms with Crippen molar-refractivity contribution in [2.45, 2.75) is 62.9 Å². The van der Waals surface area contributed by atoms with E-state index in [2.05, 4.69) is 16.0 Å². The number of carboxylic acid groups (broad SMARTS) is 2.